The van der Waals surface area contributed by atoms with Gasteiger partial charge in [-0.25, -0.2) is 14.8 Å². The second kappa shape index (κ2) is 13.2. The summed E-state index contributed by atoms with van der Waals surface area (Å²) in [6.07, 6.45) is 0.742. The lowest BCUT2D eigenvalue weighted by molar-refractivity contribution is -0.154. The number of nitrogens with zero attached hydrogens (tertiary/aromatic N) is 5. The highest BCUT2D eigenvalue weighted by molar-refractivity contribution is 8.01. The van der Waals surface area contributed by atoms with Crippen LogP contribution in [0.5, 0.6) is 0 Å². The molecule has 44 heavy (non-hydrogen) atoms. The first-order valence-corrected chi connectivity index (χ1v) is 16.7. The highest BCUT2D eigenvalue weighted by atomic mass is 32.2. The lowest BCUT2D eigenvalue weighted by Crippen LogP contribution is -2.71. The molecule has 2 atom stereocenters. The molecule has 0 aliphatic carbocycles. The molecular formula is C28H23N7O5S4. The van der Waals surface area contributed by atoms with E-state index in [0.717, 1.165) is 26.8 Å². The topological polar surface area (TPSA) is 173 Å². The van der Waals surface area contributed by atoms with E-state index >= 15 is 0 Å². The van der Waals surface area contributed by atoms with Crippen LogP contribution in [0.1, 0.15) is 22.9 Å². The summed E-state index contributed by atoms with van der Waals surface area (Å²) in [7, 11) is 0. The minimum atomic E-state index is -0.973. The molecule has 16 heteroatoms. The number of carbonyl (C=O) groups excluding carboxylic acids is 3. The summed E-state index contributed by atoms with van der Waals surface area (Å²) < 4.78 is 10.9. The van der Waals surface area contributed by atoms with Gasteiger partial charge in [0.05, 0.1) is 0 Å². The van der Waals surface area contributed by atoms with Crippen molar-refractivity contribution in [2.45, 2.75) is 21.9 Å². The minimum absolute atomic E-state index is 0.0837. The Kier molecular flexibility index (Phi) is 8.92. The molecule has 1 fully saturated rings. The third-order valence-corrected chi connectivity index (χ3v) is 10.6. The molecule has 224 valence electrons. The fourth-order valence-electron chi connectivity index (χ4n) is 4.72. The zero-order valence-corrected chi connectivity index (χ0v) is 25.9. The first kappa shape index (κ1) is 29.8. The number of thiazole rings is 1. The van der Waals surface area contributed by atoms with Crippen LogP contribution in [0.4, 0.5) is 5.13 Å². The van der Waals surface area contributed by atoms with E-state index in [-0.39, 0.29) is 22.2 Å². The van der Waals surface area contributed by atoms with Crippen molar-refractivity contribution in [2.24, 2.45) is 5.16 Å². The number of nitrogen functional groups attached to an aromatic ring is 1. The van der Waals surface area contributed by atoms with Gasteiger partial charge in [-0.1, -0.05) is 77.6 Å². The summed E-state index contributed by atoms with van der Waals surface area (Å²) in [5.41, 5.74) is 7.76. The fourth-order valence-corrected chi connectivity index (χ4v) is 8.20. The van der Waals surface area contributed by atoms with Gasteiger partial charge in [0.2, 0.25) is 0 Å². The molecule has 4 N–H and O–H groups in total. The molecule has 1 saturated heterocycles. The van der Waals surface area contributed by atoms with Crippen LogP contribution in [0.25, 0.3) is 0 Å². The average molecular weight is 666 g/mol. The maximum absolute atomic E-state index is 14.1. The van der Waals surface area contributed by atoms with Crippen LogP contribution in [0.2, 0.25) is 0 Å². The number of nitrogens with one attached hydrogen (secondary N) is 1. The number of aromatic nitrogens is 3. The van der Waals surface area contributed by atoms with E-state index in [2.05, 4.69) is 24.8 Å². The maximum atomic E-state index is 14.1. The zero-order valence-electron chi connectivity index (χ0n) is 22.6. The van der Waals surface area contributed by atoms with Crippen LogP contribution in [0.15, 0.2) is 93.1 Å². The largest absolute Gasteiger partial charge is 0.448 e. The predicted molar refractivity (Wildman–Crippen MR) is 168 cm³/mol. The summed E-state index contributed by atoms with van der Waals surface area (Å²) in [6, 6.07) is 17.8. The van der Waals surface area contributed by atoms with E-state index < -0.39 is 35.3 Å². The highest BCUT2D eigenvalue weighted by Gasteiger charge is 2.55. The van der Waals surface area contributed by atoms with Crippen molar-refractivity contribution >= 4 is 75.0 Å². The van der Waals surface area contributed by atoms with Crippen molar-refractivity contribution in [3.05, 3.63) is 100 Å². The maximum Gasteiger partial charge on any atom is 0.356 e. The number of rotatable bonds is 10. The second-order valence-electron chi connectivity index (χ2n) is 9.44. The standard InChI is InChI=1S/C28H23N7O5S4/c29-27-32-18(13-42-27)19(34-39)23(36)33-20-24(37)35-21(17(11-41-25(20)35)12-43-28-30-14-31-44-28)26(38)40-22(15-7-3-1-4-8-15)16-9-5-2-6-10-16/h1-10,13-14,20,22,25,39H,11-12H2,(H2,29,32)(H,33,36)/b34-19-/t20?,25-/m1/s1. The van der Waals surface area contributed by atoms with Crippen LogP contribution >= 0.6 is 46.4 Å². The third-order valence-electron chi connectivity index (χ3n) is 6.75. The Bertz CT molecular complexity index is 1690. The molecule has 0 spiro atoms. The number of thioether (sulfide) groups is 2. The van der Waals surface area contributed by atoms with Crippen molar-refractivity contribution in [1.82, 2.24) is 24.6 Å². The Morgan fingerprint density at radius 1 is 1.16 bits per heavy atom. The van der Waals surface area contributed by atoms with Gasteiger partial charge in [-0.2, -0.15) is 4.37 Å². The monoisotopic (exact) mass is 665 g/mol. The number of fused-ring (bicyclic) bond motifs is 1. The molecule has 12 nitrogen and oxygen atoms in total. The molecule has 2 amide bonds. The predicted octanol–water partition coefficient (Wildman–Crippen LogP) is 3.53. The van der Waals surface area contributed by atoms with Crippen LogP contribution in [-0.2, 0) is 19.1 Å². The fraction of sp³-hybridized carbons (Fsp3) is 0.179. The molecule has 2 aliphatic heterocycles. The number of nitrogens with two attached hydrogens (primary N) is 1. The molecule has 2 aliphatic rings. The van der Waals surface area contributed by atoms with E-state index in [9.17, 15) is 19.6 Å². The highest BCUT2D eigenvalue weighted by Crippen LogP contribution is 2.43. The lowest BCUT2D eigenvalue weighted by atomic mass is 10.0. The SMILES string of the molecule is Nc1nc(/C(=N/O)C(=O)NC2C(=O)N3C(C(=O)OC(c4ccccc4)c4ccccc4)=C(CSc4ncns4)CS[C@H]23)cs1. The van der Waals surface area contributed by atoms with Gasteiger partial charge >= 0.3 is 5.97 Å². The number of ether oxygens (including phenoxy) is 1. The lowest BCUT2D eigenvalue weighted by Gasteiger charge is -2.49. The summed E-state index contributed by atoms with van der Waals surface area (Å²) in [5.74, 6) is -1.16. The van der Waals surface area contributed by atoms with E-state index in [1.807, 2.05) is 60.7 Å². The molecule has 0 bridgehead atoms. The summed E-state index contributed by atoms with van der Waals surface area (Å²) >= 11 is 5.14. The van der Waals surface area contributed by atoms with Gasteiger partial charge in [0.25, 0.3) is 11.8 Å². The molecule has 0 saturated carbocycles. The molecule has 1 unspecified atom stereocenters. The summed E-state index contributed by atoms with van der Waals surface area (Å²) in [5, 5.41) is 16.3. The van der Waals surface area contributed by atoms with Crippen LogP contribution in [0, 0.1) is 0 Å². The van der Waals surface area contributed by atoms with E-state index in [1.165, 1.54) is 51.7 Å². The molecule has 4 heterocycles. The number of hydrogen-bond donors (Lipinski definition) is 3. The van der Waals surface area contributed by atoms with Gasteiger partial charge < -0.3 is 21.0 Å². The van der Waals surface area contributed by atoms with Crippen molar-refractivity contribution in [3.8, 4) is 0 Å². The van der Waals surface area contributed by atoms with Crippen LogP contribution in [-0.4, -0.2) is 70.9 Å². The van der Waals surface area contributed by atoms with Crippen LogP contribution in [0.3, 0.4) is 0 Å². The number of hydrogen-bond acceptors (Lipinski definition) is 14. The summed E-state index contributed by atoms with van der Waals surface area (Å²) in [6.45, 7) is 0. The van der Waals surface area contributed by atoms with Crippen molar-refractivity contribution in [2.75, 3.05) is 17.2 Å². The van der Waals surface area contributed by atoms with Crippen molar-refractivity contribution in [3.63, 3.8) is 0 Å². The Hall–Kier alpha value is -4.25. The normalized spacial score (nSPS) is 18.2. The minimum Gasteiger partial charge on any atom is -0.448 e. The Labute approximate surface area is 267 Å². The van der Waals surface area contributed by atoms with Crippen molar-refractivity contribution in [1.29, 1.82) is 0 Å². The Morgan fingerprint density at radius 2 is 1.86 bits per heavy atom. The number of benzene rings is 2. The Morgan fingerprint density at radius 3 is 2.45 bits per heavy atom. The van der Waals surface area contributed by atoms with Gasteiger partial charge in [0.1, 0.15) is 29.1 Å². The molecule has 6 rings (SSSR count). The molecular weight excluding hydrogens is 643 g/mol. The Balaban J connectivity index is 1.28. The summed E-state index contributed by atoms with van der Waals surface area (Å²) in [4.78, 5) is 50.2. The number of anilines is 1. The first-order valence-electron chi connectivity index (χ1n) is 13.1. The second-order valence-corrected chi connectivity index (χ2v) is 13.4. The number of esters is 1. The third kappa shape index (κ3) is 6.06. The van der Waals surface area contributed by atoms with Gasteiger partial charge in [-0.15, -0.1) is 23.1 Å². The van der Waals surface area contributed by atoms with Gasteiger partial charge in [-0.3, -0.25) is 14.5 Å². The molecule has 0 radical (unpaired) electrons. The smallest absolute Gasteiger partial charge is 0.356 e. The van der Waals surface area contributed by atoms with E-state index in [4.69, 9.17) is 10.5 Å². The molecule has 2 aromatic carbocycles. The number of oxime groups is 1. The quantitative estimate of drug-likeness (QED) is 0.0565. The van der Waals surface area contributed by atoms with Gasteiger partial charge in [-0.05, 0) is 28.2 Å². The molecule has 4 aromatic rings. The first-order chi connectivity index (χ1) is 21.4. The number of carbonyl (C=O) groups is 3. The van der Waals surface area contributed by atoms with Crippen LogP contribution < -0.4 is 11.1 Å². The number of amides is 2. The van der Waals surface area contributed by atoms with Crippen molar-refractivity contribution < 1.29 is 24.3 Å². The average Bonchev–Trinajstić information content (AvgIpc) is 3.74. The number of β-lactam (4-membered cyclic amide) rings is 1. The molecule has 2 aromatic heterocycles. The van der Waals surface area contributed by atoms with Gasteiger partial charge in [0.15, 0.2) is 21.3 Å². The van der Waals surface area contributed by atoms with E-state index in [1.54, 1.807) is 0 Å². The zero-order chi connectivity index (χ0) is 30.6. The van der Waals surface area contributed by atoms with E-state index in [0.29, 0.717) is 17.1 Å². The van der Waals surface area contributed by atoms with Gasteiger partial charge in [0, 0.05) is 16.9 Å².